The molecule has 0 aromatic rings. The number of likely N-dealkylation sites (N-methyl/N-ethyl adjacent to an activating group) is 1. The number of hydrogen-bond donors (Lipinski definition) is 1. The lowest BCUT2D eigenvalue weighted by atomic mass is 10.2. The summed E-state index contributed by atoms with van der Waals surface area (Å²) in [6, 6.07) is 0. The van der Waals surface area contributed by atoms with Crippen LogP contribution in [-0.2, 0) is 4.74 Å². The molecule has 0 amide bonds. The number of ether oxygens (including phenoxy) is 1. The first kappa shape index (κ1) is 14.3. The first-order valence-corrected chi connectivity index (χ1v) is 7.72. The fourth-order valence-corrected chi connectivity index (χ4v) is 2.42. The molecule has 0 radical (unpaired) electrons. The van der Waals surface area contributed by atoms with Gasteiger partial charge in [-0.3, -0.25) is 0 Å². The third kappa shape index (κ3) is 6.74. The Balaban J connectivity index is 1.86. The van der Waals surface area contributed by atoms with Crippen molar-refractivity contribution in [3.63, 3.8) is 0 Å². The summed E-state index contributed by atoms with van der Waals surface area (Å²) in [6.07, 6.45) is 6.56. The summed E-state index contributed by atoms with van der Waals surface area (Å²) in [6.45, 7) is 5.17. The second kappa shape index (κ2) is 9.28. The van der Waals surface area contributed by atoms with E-state index in [0.717, 1.165) is 32.8 Å². The summed E-state index contributed by atoms with van der Waals surface area (Å²) in [7, 11) is 2.16. The molecule has 0 aliphatic carbocycles. The molecule has 1 aliphatic heterocycles. The number of nitrogens with one attached hydrogen (secondary N) is 1. The van der Waals surface area contributed by atoms with Crippen molar-refractivity contribution in [2.45, 2.75) is 25.4 Å². The SMILES string of the molecule is CSCCCCCNCC1CN(C)CCO1. The molecule has 0 aromatic carbocycles. The van der Waals surface area contributed by atoms with Gasteiger partial charge in [0.25, 0.3) is 0 Å². The first-order chi connectivity index (χ1) is 7.83. The lowest BCUT2D eigenvalue weighted by molar-refractivity contribution is -0.0180. The summed E-state index contributed by atoms with van der Waals surface area (Å²) < 4.78 is 5.69. The molecule has 0 bridgehead atoms. The molecule has 3 nitrogen and oxygen atoms in total. The Morgan fingerprint density at radius 1 is 1.38 bits per heavy atom. The van der Waals surface area contributed by atoms with Crippen molar-refractivity contribution in [1.82, 2.24) is 10.2 Å². The summed E-state index contributed by atoms with van der Waals surface area (Å²) in [5.41, 5.74) is 0. The molecule has 1 unspecified atom stereocenters. The minimum Gasteiger partial charge on any atom is -0.374 e. The Morgan fingerprint density at radius 2 is 2.25 bits per heavy atom. The first-order valence-electron chi connectivity index (χ1n) is 6.32. The second-order valence-corrected chi connectivity index (χ2v) is 5.50. The fourth-order valence-electron chi connectivity index (χ4n) is 1.93. The van der Waals surface area contributed by atoms with E-state index in [0.29, 0.717) is 6.10 Å². The molecule has 1 aliphatic rings. The molecule has 1 heterocycles. The topological polar surface area (TPSA) is 24.5 Å². The summed E-state index contributed by atoms with van der Waals surface area (Å²) >= 11 is 1.94. The van der Waals surface area contributed by atoms with Crippen LogP contribution in [0.15, 0.2) is 0 Å². The van der Waals surface area contributed by atoms with E-state index in [9.17, 15) is 0 Å². The largest absolute Gasteiger partial charge is 0.374 e. The lowest BCUT2D eigenvalue weighted by Gasteiger charge is -2.30. The number of rotatable bonds is 8. The Labute approximate surface area is 104 Å². The van der Waals surface area contributed by atoms with Crippen molar-refractivity contribution in [2.24, 2.45) is 0 Å². The van der Waals surface area contributed by atoms with Crippen molar-refractivity contribution < 1.29 is 4.74 Å². The molecule has 96 valence electrons. The minimum atomic E-state index is 0.393. The predicted octanol–water partition coefficient (Wildman–Crippen LogP) is 1.44. The molecule has 0 saturated carbocycles. The van der Waals surface area contributed by atoms with Crippen LogP contribution in [0.2, 0.25) is 0 Å². The van der Waals surface area contributed by atoms with Gasteiger partial charge in [0.2, 0.25) is 0 Å². The molecule has 1 atom stereocenters. The van der Waals surface area contributed by atoms with E-state index in [1.165, 1.54) is 25.0 Å². The summed E-state index contributed by atoms with van der Waals surface area (Å²) in [4.78, 5) is 2.34. The quantitative estimate of drug-likeness (QED) is 0.655. The summed E-state index contributed by atoms with van der Waals surface area (Å²) in [5.74, 6) is 1.30. The van der Waals surface area contributed by atoms with Crippen molar-refractivity contribution in [2.75, 3.05) is 51.8 Å². The minimum absolute atomic E-state index is 0.393. The molecule has 0 aromatic heterocycles. The van der Waals surface area contributed by atoms with Crippen LogP contribution in [0.4, 0.5) is 0 Å². The van der Waals surface area contributed by atoms with Gasteiger partial charge in [-0.1, -0.05) is 6.42 Å². The maximum atomic E-state index is 5.69. The highest BCUT2D eigenvalue weighted by Gasteiger charge is 2.16. The van der Waals surface area contributed by atoms with Crippen LogP contribution in [0.1, 0.15) is 19.3 Å². The van der Waals surface area contributed by atoms with E-state index in [4.69, 9.17) is 4.74 Å². The molecule has 16 heavy (non-hydrogen) atoms. The van der Waals surface area contributed by atoms with E-state index in [1.807, 2.05) is 11.8 Å². The Bertz CT molecular complexity index is 169. The zero-order chi connectivity index (χ0) is 11.6. The number of morpholine rings is 1. The van der Waals surface area contributed by atoms with E-state index in [2.05, 4.69) is 23.5 Å². The normalized spacial score (nSPS) is 22.5. The van der Waals surface area contributed by atoms with Crippen LogP contribution < -0.4 is 5.32 Å². The maximum absolute atomic E-state index is 5.69. The van der Waals surface area contributed by atoms with E-state index < -0.39 is 0 Å². The van der Waals surface area contributed by atoms with Gasteiger partial charge in [0.1, 0.15) is 0 Å². The van der Waals surface area contributed by atoms with Gasteiger partial charge in [-0.15, -0.1) is 0 Å². The predicted molar refractivity (Wildman–Crippen MR) is 72.3 cm³/mol. The molecule has 1 fully saturated rings. The third-order valence-corrected chi connectivity index (χ3v) is 3.61. The lowest BCUT2D eigenvalue weighted by Crippen LogP contribution is -2.44. The molecule has 1 rings (SSSR count). The molecule has 0 spiro atoms. The number of hydrogen-bond acceptors (Lipinski definition) is 4. The maximum Gasteiger partial charge on any atom is 0.0826 e. The van der Waals surface area contributed by atoms with Gasteiger partial charge in [-0.05, 0) is 38.4 Å². The van der Waals surface area contributed by atoms with Crippen LogP contribution in [0.3, 0.4) is 0 Å². The smallest absolute Gasteiger partial charge is 0.0826 e. The van der Waals surface area contributed by atoms with Crippen LogP contribution >= 0.6 is 11.8 Å². The van der Waals surface area contributed by atoms with Crippen molar-refractivity contribution in [1.29, 1.82) is 0 Å². The van der Waals surface area contributed by atoms with E-state index in [-0.39, 0.29) is 0 Å². The van der Waals surface area contributed by atoms with Crippen LogP contribution in [0, 0.1) is 0 Å². The van der Waals surface area contributed by atoms with Gasteiger partial charge in [-0.25, -0.2) is 0 Å². The zero-order valence-corrected chi connectivity index (χ0v) is 11.5. The number of thioether (sulfide) groups is 1. The molecule has 1 saturated heterocycles. The Hall–Kier alpha value is 0.230. The third-order valence-electron chi connectivity index (χ3n) is 2.92. The standard InChI is InChI=1S/C12H26N2OS/c1-14-7-8-15-12(11-14)10-13-6-4-3-5-9-16-2/h12-13H,3-11H2,1-2H3. The average molecular weight is 246 g/mol. The van der Waals surface area contributed by atoms with Gasteiger partial charge < -0.3 is 15.0 Å². The van der Waals surface area contributed by atoms with Crippen molar-refractivity contribution in [3.05, 3.63) is 0 Å². The van der Waals surface area contributed by atoms with E-state index >= 15 is 0 Å². The van der Waals surface area contributed by atoms with Gasteiger partial charge >= 0.3 is 0 Å². The van der Waals surface area contributed by atoms with Crippen LogP contribution in [-0.4, -0.2) is 62.8 Å². The summed E-state index contributed by atoms with van der Waals surface area (Å²) in [5, 5.41) is 3.49. The van der Waals surface area contributed by atoms with Gasteiger partial charge in [-0.2, -0.15) is 11.8 Å². The average Bonchev–Trinajstić information content (AvgIpc) is 2.28. The number of unbranched alkanes of at least 4 members (excludes halogenated alkanes) is 2. The highest BCUT2D eigenvalue weighted by atomic mass is 32.2. The Morgan fingerprint density at radius 3 is 3.00 bits per heavy atom. The molecular weight excluding hydrogens is 220 g/mol. The van der Waals surface area contributed by atoms with Crippen molar-refractivity contribution in [3.8, 4) is 0 Å². The molecule has 1 N–H and O–H groups in total. The zero-order valence-electron chi connectivity index (χ0n) is 10.7. The monoisotopic (exact) mass is 246 g/mol. The molecule has 4 heteroatoms. The fraction of sp³-hybridized carbons (Fsp3) is 1.00. The highest BCUT2D eigenvalue weighted by Crippen LogP contribution is 2.03. The number of nitrogens with zero attached hydrogens (tertiary/aromatic N) is 1. The highest BCUT2D eigenvalue weighted by molar-refractivity contribution is 7.98. The second-order valence-electron chi connectivity index (χ2n) is 4.51. The van der Waals surface area contributed by atoms with E-state index in [1.54, 1.807) is 0 Å². The van der Waals surface area contributed by atoms with Gasteiger partial charge in [0.05, 0.1) is 12.7 Å². The van der Waals surface area contributed by atoms with Gasteiger partial charge in [0.15, 0.2) is 0 Å². The Kier molecular flexibility index (Phi) is 8.29. The molecular formula is C12H26N2OS. The van der Waals surface area contributed by atoms with Crippen molar-refractivity contribution >= 4 is 11.8 Å². The van der Waals surface area contributed by atoms with Crippen LogP contribution in [0.5, 0.6) is 0 Å². The van der Waals surface area contributed by atoms with Gasteiger partial charge in [0, 0.05) is 19.6 Å². The van der Waals surface area contributed by atoms with Crippen LogP contribution in [0.25, 0.3) is 0 Å².